The molecular weight excluding hydrogens is 344 g/mol. The summed E-state index contributed by atoms with van der Waals surface area (Å²) in [6.07, 6.45) is 0.314. The molecule has 0 radical (unpaired) electrons. The summed E-state index contributed by atoms with van der Waals surface area (Å²) in [5.74, 6) is 0.696. The molecule has 2 saturated heterocycles. The van der Waals surface area contributed by atoms with Gasteiger partial charge in [0.15, 0.2) is 0 Å². The molecule has 3 rings (SSSR count). The monoisotopic (exact) mass is 374 g/mol. The number of benzene rings is 1. The van der Waals surface area contributed by atoms with Crippen molar-refractivity contribution in [2.24, 2.45) is 5.92 Å². The first-order chi connectivity index (χ1) is 13.0. The summed E-state index contributed by atoms with van der Waals surface area (Å²) >= 11 is 0. The highest BCUT2D eigenvalue weighted by Crippen LogP contribution is 2.32. The minimum Gasteiger partial charge on any atom is -0.496 e. The third-order valence-electron chi connectivity index (χ3n) is 5.41. The van der Waals surface area contributed by atoms with Crippen LogP contribution in [-0.4, -0.2) is 87.0 Å². The summed E-state index contributed by atoms with van der Waals surface area (Å²) < 4.78 is 5.51. The van der Waals surface area contributed by atoms with Crippen LogP contribution in [-0.2, 0) is 9.59 Å². The molecule has 1 N–H and O–H groups in total. The van der Waals surface area contributed by atoms with E-state index in [9.17, 15) is 9.59 Å². The van der Waals surface area contributed by atoms with Crippen molar-refractivity contribution in [2.45, 2.75) is 12.5 Å². The zero-order valence-electron chi connectivity index (χ0n) is 16.5. The van der Waals surface area contributed by atoms with Crippen molar-refractivity contribution in [1.82, 2.24) is 20.0 Å². The Kier molecular flexibility index (Phi) is 6.34. The SMILES string of the molecule is COc1ccccc1C1CNCCN1C(=O)C1CC(=O)N(CCN(C)C)C1. The lowest BCUT2D eigenvalue weighted by Gasteiger charge is -2.38. The molecular formula is C20H30N4O3. The van der Waals surface area contributed by atoms with Crippen LogP contribution in [0.5, 0.6) is 5.75 Å². The highest BCUT2D eigenvalue weighted by molar-refractivity contribution is 5.89. The van der Waals surface area contributed by atoms with Crippen molar-refractivity contribution >= 4 is 11.8 Å². The number of amides is 2. The molecule has 148 valence electrons. The molecule has 7 nitrogen and oxygen atoms in total. The summed E-state index contributed by atoms with van der Waals surface area (Å²) in [5.41, 5.74) is 1.01. The van der Waals surface area contributed by atoms with Crippen LogP contribution in [0.4, 0.5) is 0 Å². The first-order valence-electron chi connectivity index (χ1n) is 9.58. The van der Waals surface area contributed by atoms with E-state index in [-0.39, 0.29) is 23.8 Å². The van der Waals surface area contributed by atoms with Gasteiger partial charge in [-0.15, -0.1) is 0 Å². The second kappa shape index (κ2) is 8.71. The molecule has 0 spiro atoms. The molecule has 2 amide bonds. The molecule has 0 bridgehead atoms. The Morgan fingerprint density at radius 2 is 2.11 bits per heavy atom. The number of methoxy groups -OCH3 is 1. The number of rotatable bonds is 6. The van der Waals surface area contributed by atoms with Gasteiger partial charge in [-0.1, -0.05) is 18.2 Å². The summed E-state index contributed by atoms with van der Waals surface area (Å²) in [7, 11) is 5.63. The van der Waals surface area contributed by atoms with Crippen LogP contribution >= 0.6 is 0 Å². The number of likely N-dealkylation sites (tertiary alicyclic amines) is 1. The topological polar surface area (TPSA) is 65.1 Å². The van der Waals surface area contributed by atoms with Crippen LogP contribution in [0.3, 0.4) is 0 Å². The predicted octanol–water partition coefficient (Wildman–Crippen LogP) is 0.578. The van der Waals surface area contributed by atoms with Gasteiger partial charge in [0, 0.05) is 51.3 Å². The van der Waals surface area contributed by atoms with Gasteiger partial charge in [0.05, 0.1) is 19.1 Å². The van der Waals surface area contributed by atoms with Crippen LogP contribution in [0.15, 0.2) is 24.3 Å². The van der Waals surface area contributed by atoms with Gasteiger partial charge in [0.1, 0.15) is 5.75 Å². The number of likely N-dealkylation sites (N-methyl/N-ethyl adjacent to an activating group) is 1. The smallest absolute Gasteiger partial charge is 0.228 e. The maximum Gasteiger partial charge on any atom is 0.228 e. The fourth-order valence-corrected chi connectivity index (χ4v) is 3.90. The quantitative estimate of drug-likeness (QED) is 0.789. The standard InChI is InChI=1S/C20H30N4O3/c1-22(2)10-11-23-14-15(12-19(23)25)20(26)24-9-8-21-13-17(24)16-6-4-5-7-18(16)27-3/h4-7,15,17,21H,8-14H2,1-3H3. The first kappa shape index (κ1) is 19.6. The molecule has 0 saturated carbocycles. The van der Waals surface area contributed by atoms with Gasteiger partial charge < -0.3 is 24.8 Å². The van der Waals surface area contributed by atoms with E-state index in [1.54, 1.807) is 7.11 Å². The molecule has 2 fully saturated rings. The second-order valence-corrected chi connectivity index (χ2v) is 7.54. The van der Waals surface area contributed by atoms with Crippen LogP contribution in [0.2, 0.25) is 0 Å². The van der Waals surface area contributed by atoms with Gasteiger partial charge in [0.2, 0.25) is 11.8 Å². The van der Waals surface area contributed by atoms with E-state index in [1.165, 1.54) is 0 Å². The zero-order chi connectivity index (χ0) is 19.4. The van der Waals surface area contributed by atoms with E-state index < -0.39 is 0 Å². The average Bonchev–Trinajstić information content (AvgIpc) is 3.06. The Bertz CT molecular complexity index is 679. The normalized spacial score (nSPS) is 23.2. The van der Waals surface area contributed by atoms with E-state index in [0.717, 1.165) is 24.4 Å². The van der Waals surface area contributed by atoms with Gasteiger partial charge in [0.25, 0.3) is 0 Å². The molecule has 0 aliphatic carbocycles. The fraction of sp³-hybridized carbons (Fsp3) is 0.600. The van der Waals surface area contributed by atoms with Crippen LogP contribution < -0.4 is 10.1 Å². The zero-order valence-corrected chi connectivity index (χ0v) is 16.5. The van der Waals surface area contributed by atoms with Gasteiger partial charge in [-0.25, -0.2) is 0 Å². The molecule has 27 heavy (non-hydrogen) atoms. The lowest BCUT2D eigenvalue weighted by molar-refractivity contribution is -0.139. The van der Waals surface area contributed by atoms with Crippen molar-refractivity contribution in [1.29, 1.82) is 0 Å². The highest BCUT2D eigenvalue weighted by Gasteiger charge is 2.39. The van der Waals surface area contributed by atoms with Crippen LogP contribution in [0, 0.1) is 5.92 Å². The van der Waals surface area contributed by atoms with E-state index >= 15 is 0 Å². The van der Waals surface area contributed by atoms with E-state index in [0.29, 0.717) is 32.6 Å². The number of piperazine rings is 1. The van der Waals surface area contributed by atoms with E-state index in [4.69, 9.17) is 4.74 Å². The van der Waals surface area contributed by atoms with Gasteiger partial charge in [-0.3, -0.25) is 9.59 Å². The van der Waals surface area contributed by atoms with Gasteiger partial charge in [-0.2, -0.15) is 0 Å². The number of hydrogen-bond acceptors (Lipinski definition) is 5. The first-order valence-corrected chi connectivity index (χ1v) is 9.58. The Balaban J connectivity index is 1.73. The Labute approximate surface area is 161 Å². The summed E-state index contributed by atoms with van der Waals surface area (Å²) in [4.78, 5) is 31.4. The number of para-hydroxylation sites is 1. The summed E-state index contributed by atoms with van der Waals surface area (Å²) in [5, 5.41) is 3.38. The average molecular weight is 374 g/mol. The predicted molar refractivity (Wildman–Crippen MR) is 104 cm³/mol. The second-order valence-electron chi connectivity index (χ2n) is 7.54. The molecule has 7 heteroatoms. The number of ether oxygens (including phenoxy) is 1. The largest absolute Gasteiger partial charge is 0.496 e. The highest BCUT2D eigenvalue weighted by atomic mass is 16.5. The minimum atomic E-state index is -0.255. The molecule has 2 aliphatic heterocycles. The Morgan fingerprint density at radius 3 is 2.85 bits per heavy atom. The number of nitrogens with zero attached hydrogens (tertiary/aromatic N) is 3. The van der Waals surface area contributed by atoms with Crippen LogP contribution in [0.25, 0.3) is 0 Å². The minimum absolute atomic E-state index is 0.0756. The lowest BCUT2D eigenvalue weighted by Crippen LogP contribution is -2.51. The molecule has 2 unspecified atom stereocenters. The molecule has 2 aliphatic rings. The summed E-state index contributed by atoms with van der Waals surface area (Å²) in [6.45, 7) is 4.11. The number of hydrogen-bond donors (Lipinski definition) is 1. The number of carbonyl (C=O) groups is 2. The van der Waals surface area contributed by atoms with E-state index in [1.807, 2.05) is 48.2 Å². The third kappa shape index (κ3) is 4.42. The molecule has 1 aromatic rings. The van der Waals surface area contributed by atoms with Crippen molar-refractivity contribution in [3.63, 3.8) is 0 Å². The molecule has 0 aromatic heterocycles. The molecule has 1 aromatic carbocycles. The van der Waals surface area contributed by atoms with Crippen LogP contribution in [0.1, 0.15) is 18.0 Å². The van der Waals surface area contributed by atoms with Crippen molar-refractivity contribution in [2.75, 3.05) is 60.5 Å². The van der Waals surface area contributed by atoms with Gasteiger partial charge >= 0.3 is 0 Å². The fourth-order valence-electron chi connectivity index (χ4n) is 3.90. The van der Waals surface area contributed by atoms with Crippen molar-refractivity contribution in [3.05, 3.63) is 29.8 Å². The molecule has 2 heterocycles. The number of carbonyl (C=O) groups excluding carboxylic acids is 2. The number of nitrogens with one attached hydrogen (secondary N) is 1. The van der Waals surface area contributed by atoms with Crippen molar-refractivity contribution in [3.8, 4) is 5.75 Å². The summed E-state index contributed by atoms with van der Waals surface area (Å²) in [6, 6.07) is 7.77. The lowest BCUT2D eigenvalue weighted by atomic mass is 9.99. The third-order valence-corrected chi connectivity index (χ3v) is 5.41. The maximum absolute atomic E-state index is 13.3. The Hall–Kier alpha value is -2.12. The van der Waals surface area contributed by atoms with E-state index in [2.05, 4.69) is 10.2 Å². The maximum atomic E-state index is 13.3. The molecule has 2 atom stereocenters. The van der Waals surface area contributed by atoms with Crippen molar-refractivity contribution < 1.29 is 14.3 Å². The Morgan fingerprint density at radius 1 is 1.33 bits per heavy atom. The van der Waals surface area contributed by atoms with Gasteiger partial charge in [-0.05, 0) is 20.2 Å².